The lowest BCUT2D eigenvalue weighted by Crippen LogP contribution is -2.31. The summed E-state index contributed by atoms with van der Waals surface area (Å²) in [7, 11) is -0.676. The molecule has 0 saturated carbocycles. The largest absolute Gasteiger partial charge is 0.493 e. The van der Waals surface area contributed by atoms with Gasteiger partial charge in [-0.2, -0.15) is 4.31 Å². The standard InChI is InChI=1S/C14H19NO4S/c1-5-9-15(10-6-2)20(16,17)12-7-8-13(18-3)14(11-12)19-4/h5-8,11H,1-2,9-10H2,3-4H3. The van der Waals surface area contributed by atoms with Crippen LogP contribution in [-0.2, 0) is 10.0 Å². The minimum Gasteiger partial charge on any atom is -0.493 e. The molecule has 0 N–H and O–H groups in total. The van der Waals surface area contributed by atoms with Gasteiger partial charge >= 0.3 is 0 Å². The Hall–Kier alpha value is -1.79. The molecule has 1 rings (SSSR count). The van der Waals surface area contributed by atoms with E-state index < -0.39 is 10.0 Å². The monoisotopic (exact) mass is 297 g/mol. The van der Waals surface area contributed by atoms with Gasteiger partial charge < -0.3 is 9.47 Å². The van der Waals surface area contributed by atoms with Crippen LogP contribution in [-0.4, -0.2) is 40.0 Å². The van der Waals surface area contributed by atoms with Crippen LogP contribution in [0.5, 0.6) is 11.5 Å². The third-order valence-electron chi connectivity index (χ3n) is 2.66. The maximum Gasteiger partial charge on any atom is 0.243 e. The van der Waals surface area contributed by atoms with Gasteiger partial charge in [0.15, 0.2) is 11.5 Å². The van der Waals surface area contributed by atoms with Gasteiger partial charge in [0.25, 0.3) is 0 Å². The van der Waals surface area contributed by atoms with Crippen molar-refractivity contribution in [1.29, 1.82) is 0 Å². The van der Waals surface area contributed by atoms with E-state index in [1.165, 1.54) is 42.8 Å². The minimum atomic E-state index is -3.63. The van der Waals surface area contributed by atoms with E-state index in [1.807, 2.05) is 0 Å². The van der Waals surface area contributed by atoms with Crippen LogP contribution in [0.25, 0.3) is 0 Å². The lowest BCUT2D eigenvalue weighted by Gasteiger charge is -2.19. The molecule has 0 amide bonds. The Morgan fingerprint density at radius 1 is 1.10 bits per heavy atom. The van der Waals surface area contributed by atoms with Gasteiger partial charge in [-0.15, -0.1) is 13.2 Å². The van der Waals surface area contributed by atoms with Crippen LogP contribution in [0, 0.1) is 0 Å². The molecule has 1 aromatic rings. The fourth-order valence-corrected chi connectivity index (χ4v) is 3.08. The van der Waals surface area contributed by atoms with Crippen molar-refractivity contribution in [3.8, 4) is 11.5 Å². The summed E-state index contributed by atoms with van der Waals surface area (Å²) in [5.74, 6) is 0.844. The number of hydrogen-bond acceptors (Lipinski definition) is 4. The summed E-state index contributed by atoms with van der Waals surface area (Å²) in [4.78, 5) is 0.138. The molecule has 0 radical (unpaired) electrons. The van der Waals surface area contributed by atoms with Gasteiger partial charge in [0, 0.05) is 19.2 Å². The zero-order valence-corrected chi connectivity index (χ0v) is 12.5. The Balaban J connectivity index is 3.26. The van der Waals surface area contributed by atoms with E-state index in [0.29, 0.717) is 11.5 Å². The molecule has 0 saturated heterocycles. The SMILES string of the molecule is C=CCN(CC=C)S(=O)(=O)c1ccc(OC)c(OC)c1. The quantitative estimate of drug-likeness (QED) is 0.689. The zero-order chi connectivity index (χ0) is 15.2. The lowest BCUT2D eigenvalue weighted by atomic mass is 10.3. The van der Waals surface area contributed by atoms with E-state index in [-0.39, 0.29) is 18.0 Å². The normalized spacial score (nSPS) is 11.2. The Bertz CT molecular complexity index is 571. The highest BCUT2D eigenvalue weighted by atomic mass is 32.2. The molecular formula is C14H19NO4S. The van der Waals surface area contributed by atoms with Crippen molar-refractivity contribution in [3.05, 3.63) is 43.5 Å². The van der Waals surface area contributed by atoms with E-state index in [9.17, 15) is 8.42 Å². The molecule has 0 aromatic heterocycles. The van der Waals surface area contributed by atoms with Crippen molar-refractivity contribution in [2.45, 2.75) is 4.90 Å². The van der Waals surface area contributed by atoms with Crippen molar-refractivity contribution in [3.63, 3.8) is 0 Å². The Labute approximate surface area is 120 Å². The van der Waals surface area contributed by atoms with Gasteiger partial charge in [-0.05, 0) is 12.1 Å². The summed E-state index contributed by atoms with van der Waals surface area (Å²) >= 11 is 0. The van der Waals surface area contributed by atoms with Crippen LogP contribution in [0.3, 0.4) is 0 Å². The number of hydrogen-bond donors (Lipinski definition) is 0. The van der Waals surface area contributed by atoms with E-state index in [1.54, 1.807) is 6.07 Å². The Morgan fingerprint density at radius 2 is 1.65 bits per heavy atom. The molecule has 0 aliphatic heterocycles. The van der Waals surface area contributed by atoms with E-state index in [4.69, 9.17) is 9.47 Å². The highest BCUT2D eigenvalue weighted by Crippen LogP contribution is 2.30. The highest BCUT2D eigenvalue weighted by Gasteiger charge is 2.23. The number of benzene rings is 1. The molecule has 1 aromatic carbocycles. The molecule has 0 aliphatic carbocycles. The van der Waals surface area contributed by atoms with Gasteiger partial charge in [0.1, 0.15) is 0 Å². The lowest BCUT2D eigenvalue weighted by molar-refractivity contribution is 0.353. The highest BCUT2D eigenvalue weighted by molar-refractivity contribution is 7.89. The summed E-state index contributed by atoms with van der Waals surface area (Å²) in [6, 6.07) is 4.48. The first-order chi connectivity index (χ1) is 9.51. The number of sulfonamides is 1. The average molecular weight is 297 g/mol. The average Bonchev–Trinajstić information content (AvgIpc) is 2.46. The van der Waals surface area contributed by atoms with Crippen molar-refractivity contribution in [2.24, 2.45) is 0 Å². The summed E-state index contributed by atoms with van der Waals surface area (Å²) < 4.78 is 36.5. The molecule has 5 nitrogen and oxygen atoms in total. The first-order valence-corrected chi connectivity index (χ1v) is 7.39. The smallest absolute Gasteiger partial charge is 0.243 e. The first kappa shape index (κ1) is 16.3. The summed E-state index contributed by atoms with van der Waals surface area (Å²) in [5.41, 5.74) is 0. The summed E-state index contributed by atoms with van der Waals surface area (Å²) in [6.07, 6.45) is 3.06. The van der Waals surface area contributed by atoms with E-state index >= 15 is 0 Å². The molecule has 110 valence electrons. The predicted molar refractivity (Wildman–Crippen MR) is 78.7 cm³/mol. The van der Waals surface area contributed by atoms with Gasteiger partial charge in [0.2, 0.25) is 10.0 Å². The third kappa shape index (κ3) is 3.40. The third-order valence-corrected chi connectivity index (χ3v) is 4.49. The molecule has 0 unspecified atom stereocenters. The number of ether oxygens (including phenoxy) is 2. The molecule has 6 heteroatoms. The maximum atomic E-state index is 12.5. The molecule has 0 bridgehead atoms. The predicted octanol–water partition coefficient (Wildman–Crippen LogP) is 2.07. The topological polar surface area (TPSA) is 55.8 Å². The molecule has 0 atom stereocenters. The van der Waals surface area contributed by atoms with Gasteiger partial charge in [0.05, 0.1) is 19.1 Å². The summed E-state index contributed by atoms with van der Waals surface area (Å²) in [5, 5.41) is 0. The van der Waals surface area contributed by atoms with Crippen LogP contribution in [0.1, 0.15) is 0 Å². The Morgan fingerprint density at radius 3 is 2.10 bits per heavy atom. The van der Waals surface area contributed by atoms with Gasteiger partial charge in [-0.1, -0.05) is 12.2 Å². The van der Waals surface area contributed by atoms with Crippen LogP contribution >= 0.6 is 0 Å². The fraction of sp³-hybridized carbons (Fsp3) is 0.286. The maximum absolute atomic E-state index is 12.5. The van der Waals surface area contributed by atoms with Gasteiger partial charge in [-0.25, -0.2) is 8.42 Å². The van der Waals surface area contributed by atoms with Crippen molar-refractivity contribution < 1.29 is 17.9 Å². The first-order valence-electron chi connectivity index (χ1n) is 5.95. The zero-order valence-electron chi connectivity index (χ0n) is 11.7. The van der Waals surface area contributed by atoms with E-state index in [0.717, 1.165) is 0 Å². The van der Waals surface area contributed by atoms with Crippen molar-refractivity contribution in [2.75, 3.05) is 27.3 Å². The second-order valence-electron chi connectivity index (χ2n) is 3.92. The molecule has 0 heterocycles. The second kappa shape index (κ2) is 7.12. The molecular weight excluding hydrogens is 278 g/mol. The molecule has 0 aliphatic rings. The van der Waals surface area contributed by atoms with Crippen LogP contribution in [0.2, 0.25) is 0 Å². The van der Waals surface area contributed by atoms with Crippen LogP contribution in [0.4, 0.5) is 0 Å². The minimum absolute atomic E-state index is 0.138. The van der Waals surface area contributed by atoms with Crippen LogP contribution < -0.4 is 9.47 Å². The van der Waals surface area contributed by atoms with Crippen LogP contribution in [0.15, 0.2) is 48.4 Å². The van der Waals surface area contributed by atoms with Gasteiger partial charge in [-0.3, -0.25) is 0 Å². The van der Waals surface area contributed by atoms with Crippen molar-refractivity contribution >= 4 is 10.0 Å². The number of nitrogens with zero attached hydrogens (tertiary/aromatic N) is 1. The fourth-order valence-electron chi connectivity index (χ4n) is 1.68. The summed E-state index contributed by atoms with van der Waals surface area (Å²) in [6.45, 7) is 7.55. The van der Waals surface area contributed by atoms with E-state index in [2.05, 4.69) is 13.2 Å². The molecule has 0 fully saturated rings. The molecule has 0 spiro atoms. The van der Waals surface area contributed by atoms with Crippen molar-refractivity contribution in [1.82, 2.24) is 4.31 Å². The number of rotatable bonds is 8. The second-order valence-corrected chi connectivity index (χ2v) is 5.85. The Kier molecular flexibility index (Phi) is 5.79. The number of methoxy groups -OCH3 is 2. The molecule has 20 heavy (non-hydrogen) atoms.